The topological polar surface area (TPSA) is 119 Å². The van der Waals surface area contributed by atoms with E-state index < -0.39 is 38.2 Å². The predicted molar refractivity (Wildman–Crippen MR) is 143 cm³/mol. The number of benzene rings is 3. The second kappa shape index (κ2) is 10.4. The Labute approximate surface area is 227 Å². The van der Waals surface area contributed by atoms with Crippen LogP contribution in [0.4, 0.5) is 10.1 Å². The highest BCUT2D eigenvalue weighted by Gasteiger charge is 2.27. The average molecular weight is 564 g/mol. The lowest BCUT2D eigenvalue weighted by Gasteiger charge is -2.09. The van der Waals surface area contributed by atoms with Gasteiger partial charge in [0.1, 0.15) is 11.4 Å². The number of nitrogens with one attached hydrogen (secondary N) is 1. The molecule has 0 fully saturated rings. The summed E-state index contributed by atoms with van der Waals surface area (Å²) in [7, 11) is -4.02. The molecule has 5 aromatic rings. The van der Waals surface area contributed by atoms with Gasteiger partial charge in [-0.3, -0.25) is 9.59 Å². The summed E-state index contributed by atoms with van der Waals surface area (Å²) < 4.78 is 45.2. The van der Waals surface area contributed by atoms with Gasteiger partial charge in [0.25, 0.3) is 5.91 Å². The second-order valence-electron chi connectivity index (χ2n) is 8.69. The molecule has 2 heterocycles. The summed E-state index contributed by atoms with van der Waals surface area (Å²) in [4.78, 5) is 34.4. The van der Waals surface area contributed by atoms with E-state index in [1.165, 1.54) is 12.1 Å². The summed E-state index contributed by atoms with van der Waals surface area (Å²) in [5.41, 5.74) is 1.50. The third-order valence-electron chi connectivity index (χ3n) is 5.80. The molecule has 0 unspecified atom stereocenters. The first kappa shape index (κ1) is 26.2. The van der Waals surface area contributed by atoms with Gasteiger partial charge in [0.2, 0.25) is 20.8 Å². The summed E-state index contributed by atoms with van der Waals surface area (Å²) in [6, 6.07) is 18.4. The van der Waals surface area contributed by atoms with Gasteiger partial charge in [-0.1, -0.05) is 53.6 Å². The lowest BCUT2D eigenvalue weighted by molar-refractivity contribution is 0.101. The van der Waals surface area contributed by atoms with Gasteiger partial charge < -0.3 is 9.73 Å². The van der Waals surface area contributed by atoms with Crippen LogP contribution in [0.2, 0.25) is 5.02 Å². The molecule has 5 rings (SSSR count). The molecule has 0 saturated heterocycles. The zero-order valence-electron chi connectivity index (χ0n) is 20.3. The SMILES string of the molecule is Cc1cccc(CS(=O)(=O)c2ncc(Cl)c(C(=O)Nc3c(C(=O)c4ccc(F)cc4)oc4ccccc34)n2)c1. The van der Waals surface area contributed by atoms with Crippen molar-refractivity contribution in [2.75, 3.05) is 5.32 Å². The first-order valence-electron chi connectivity index (χ1n) is 11.6. The van der Waals surface area contributed by atoms with Crippen molar-refractivity contribution in [1.82, 2.24) is 9.97 Å². The summed E-state index contributed by atoms with van der Waals surface area (Å²) in [5.74, 6) is -2.57. The molecule has 1 N–H and O–H groups in total. The Morgan fingerprint density at radius 3 is 2.51 bits per heavy atom. The number of nitrogens with zero attached hydrogens (tertiary/aromatic N) is 2. The number of carbonyl (C=O) groups excluding carboxylic acids is 2. The average Bonchev–Trinajstić information content (AvgIpc) is 3.26. The van der Waals surface area contributed by atoms with Crippen LogP contribution in [0.3, 0.4) is 0 Å². The quantitative estimate of drug-likeness (QED) is 0.197. The molecule has 2 aromatic heterocycles. The Morgan fingerprint density at radius 1 is 1.03 bits per heavy atom. The van der Waals surface area contributed by atoms with Crippen LogP contribution >= 0.6 is 11.6 Å². The maximum absolute atomic E-state index is 13.4. The van der Waals surface area contributed by atoms with Crippen LogP contribution in [0.25, 0.3) is 11.0 Å². The van der Waals surface area contributed by atoms with E-state index in [1.807, 2.05) is 13.0 Å². The first-order chi connectivity index (χ1) is 18.6. The zero-order valence-corrected chi connectivity index (χ0v) is 21.9. The Kier molecular flexibility index (Phi) is 6.98. The van der Waals surface area contributed by atoms with Crippen molar-refractivity contribution in [2.24, 2.45) is 0 Å². The minimum absolute atomic E-state index is 0.0313. The number of carbonyl (C=O) groups is 2. The lowest BCUT2D eigenvalue weighted by Crippen LogP contribution is -2.19. The van der Waals surface area contributed by atoms with E-state index in [4.69, 9.17) is 16.0 Å². The number of hydrogen-bond donors (Lipinski definition) is 1. The van der Waals surface area contributed by atoms with Crippen LogP contribution < -0.4 is 5.32 Å². The van der Waals surface area contributed by atoms with Crippen LogP contribution in [-0.2, 0) is 15.6 Å². The van der Waals surface area contributed by atoms with Crippen molar-refractivity contribution in [3.63, 3.8) is 0 Å². The first-order valence-corrected chi connectivity index (χ1v) is 13.6. The number of anilines is 1. The van der Waals surface area contributed by atoms with Gasteiger partial charge in [-0.15, -0.1) is 0 Å². The van der Waals surface area contributed by atoms with Gasteiger partial charge in [-0.25, -0.2) is 22.8 Å². The molecule has 196 valence electrons. The third-order valence-corrected chi connectivity index (χ3v) is 7.54. The second-order valence-corrected chi connectivity index (χ2v) is 11.0. The maximum atomic E-state index is 13.4. The summed E-state index contributed by atoms with van der Waals surface area (Å²) in [6.45, 7) is 1.84. The molecule has 0 radical (unpaired) electrons. The molecule has 0 atom stereocenters. The fourth-order valence-corrected chi connectivity index (χ4v) is 5.35. The van der Waals surface area contributed by atoms with Crippen molar-refractivity contribution >= 4 is 49.8 Å². The van der Waals surface area contributed by atoms with E-state index in [-0.39, 0.29) is 27.8 Å². The van der Waals surface area contributed by atoms with E-state index >= 15 is 0 Å². The Bertz CT molecular complexity index is 1850. The number of amides is 1. The minimum Gasteiger partial charge on any atom is -0.450 e. The summed E-state index contributed by atoms with van der Waals surface area (Å²) in [6.07, 6.45) is 1.03. The molecule has 0 bridgehead atoms. The largest absolute Gasteiger partial charge is 0.450 e. The Balaban J connectivity index is 1.50. The fourth-order valence-electron chi connectivity index (χ4n) is 3.98. The molecule has 39 heavy (non-hydrogen) atoms. The number of aromatic nitrogens is 2. The van der Waals surface area contributed by atoms with E-state index in [0.29, 0.717) is 16.5 Å². The van der Waals surface area contributed by atoms with E-state index in [1.54, 1.807) is 42.5 Å². The van der Waals surface area contributed by atoms with Gasteiger partial charge in [-0.2, -0.15) is 0 Å². The number of halogens is 2. The smallest absolute Gasteiger partial charge is 0.276 e. The molecular formula is C28H19ClFN3O5S. The molecule has 8 nitrogen and oxygen atoms in total. The van der Waals surface area contributed by atoms with Crippen LogP contribution in [0.15, 0.2) is 88.6 Å². The molecule has 0 aliphatic heterocycles. The number of sulfone groups is 1. The highest BCUT2D eigenvalue weighted by atomic mass is 35.5. The van der Waals surface area contributed by atoms with Crippen molar-refractivity contribution < 1.29 is 26.8 Å². The molecular weight excluding hydrogens is 545 g/mol. The number of aryl methyl sites for hydroxylation is 1. The molecule has 0 aliphatic carbocycles. The van der Waals surface area contributed by atoms with Crippen molar-refractivity contribution in [2.45, 2.75) is 17.8 Å². The van der Waals surface area contributed by atoms with Gasteiger partial charge in [0.15, 0.2) is 11.5 Å². The number of hydrogen-bond acceptors (Lipinski definition) is 7. The van der Waals surface area contributed by atoms with Crippen molar-refractivity contribution in [3.05, 3.63) is 118 Å². The van der Waals surface area contributed by atoms with Crippen LogP contribution in [-0.4, -0.2) is 30.1 Å². The highest BCUT2D eigenvalue weighted by Crippen LogP contribution is 2.33. The van der Waals surface area contributed by atoms with Gasteiger partial charge in [-0.05, 0) is 48.9 Å². The van der Waals surface area contributed by atoms with E-state index in [0.717, 1.165) is 23.9 Å². The molecule has 1 amide bonds. The Hall–Kier alpha value is -4.41. The molecule has 0 spiro atoms. The standard InChI is InChI=1S/C28H19ClFN3O5S/c1-16-5-4-6-17(13-16)15-39(36,37)28-31-14-21(29)24(33-28)27(35)32-23-20-7-2-3-8-22(20)38-26(23)25(34)18-9-11-19(30)12-10-18/h2-14H,15H2,1H3,(H,32,35). The molecule has 11 heteroatoms. The molecule has 0 saturated carbocycles. The summed E-state index contributed by atoms with van der Waals surface area (Å²) in [5, 5.41) is 2.24. The van der Waals surface area contributed by atoms with Crippen molar-refractivity contribution in [1.29, 1.82) is 0 Å². The number of rotatable bonds is 7. The number of para-hydroxylation sites is 1. The maximum Gasteiger partial charge on any atom is 0.276 e. The third kappa shape index (κ3) is 5.43. The lowest BCUT2D eigenvalue weighted by atomic mass is 10.1. The van der Waals surface area contributed by atoms with Gasteiger partial charge >= 0.3 is 0 Å². The fraction of sp³-hybridized carbons (Fsp3) is 0.0714. The number of ketones is 1. The minimum atomic E-state index is -4.02. The molecule has 0 aliphatic rings. The van der Waals surface area contributed by atoms with Gasteiger partial charge in [0.05, 0.1) is 22.7 Å². The molecule has 3 aromatic carbocycles. The predicted octanol–water partition coefficient (Wildman–Crippen LogP) is 5.78. The highest BCUT2D eigenvalue weighted by molar-refractivity contribution is 7.90. The van der Waals surface area contributed by atoms with Crippen molar-refractivity contribution in [3.8, 4) is 0 Å². The van der Waals surface area contributed by atoms with E-state index in [2.05, 4.69) is 15.3 Å². The van der Waals surface area contributed by atoms with Crippen LogP contribution in [0, 0.1) is 12.7 Å². The summed E-state index contributed by atoms with van der Waals surface area (Å²) >= 11 is 6.19. The Morgan fingerprint density at radius 2 is 1.77 bits per heavy atom. The van der Waals surface area contributed by atoms with E-state index in [9.17, 15) is 22.4 Å². The van der Waals surface area contributed by atoms with Crippen LogP contribution in [0.1, 0.15) is 37.7 Å². The van der Waals surface area contributed by atoms with Crippen LogP contribution in [0.5, 0.6) is 0 Å². The normalized spacial score (nSPS) is 11.5. The zero-order chi connectivity index (χ0) is 27.7. The van der Waals surface area contributed by atoms with Gasteiger partial charge in [0, 0.05) is 10.9 Å². The number of fused-ring (bicyclic) bond motifs is 1. The number of furan rings is 1. The monoisotopic (exact) mass is 563 g/mol.